The SMILES string of the molecule is CCOc1ccc2c(c1)S/C(=C\c1cc(OC)c3ccccc3[n+]1C)N2C. The number of fused-ring (bicyclic) bond motifs is 2. The van der Waals surface area contributed by atoms with E-state index in [0.717, 1.165) is 28.1 Å². The fourth-order valence-electron chi connectivity index (χ4n) is 3.39. The number of nitrogens with zero attached hydrogens (tertiary/aromatic N) is 2. The van der Waals surface area contributed by atoms with Crippen molar-refractivity contribution in [1.82, 2.24) is 0 Å². The first-order chi connectivity index (χ1) is 13.1. The topological polar surface area (TPSA) is 25.6 Å². The van der Waals surface area contributed by atoms with E-state index in [-0.39, 0.29) is 0 Å². The zero-order chi connectivity index (χ0) is 19.0. The summed E-state index contributed by atoms with van der Waals surface area (Å²) >= 11 is 1.76. The van der Waals surface area contributed by atoms with Crippen LogP contribution in [0.2, 0.25) is 0 Å². The molecule has 0 saturated carbocycles. The minimum atomic E-state index is 0.675. The molecule has 0 N–H and O–H groups in total. The Bertz CT molecular complexity index is 1050. The molecule has 1 aliphatic rings. The lowest BCUT2D eigenvalue weighted by molar-refractivity contribution is -0.646. The second-order valence-electron chi connectivity index (χ2n) is 6.42. The Labute approximate surface area is 164 Å². The maximum absolute atomic E-state index is 5.65. The van der Waals surface area contributed by atoms with Crippen LogP contribution in [0.1, 0.15) is 12.6 Å². The van der Waals surface area contributed by atoms with Crippen molar-refractivity contribution in [3.05, 3.63) is 59.3 Å². The molecule has 0 unspecified atom stereocenters. The number of para-hydroxylation sites is 1. The molecule has 0 atom stereocenters. The number of ether oxygens (including phenoxy) is 2. The molecule has 0 radical (unpaired) electrons. The standard InChI is InChI=1S/C22H23N2O2S/c1-5-26-16-10-11-19-21(14-16)27-22(24(19)3)13-15-12-20(25-4)17-8-6-7-9-18(17)23(15)2/h6-14H,5H2,1-4H3/q+1. The average Bonchev–Trinajstić information content (AvgIpc) is 2.99. The third-order valence-corrected chi connectivity index (χ3v) is 5.98. The summed E-state index contributed by atoms with van der Waals surface area (Å²) in [6, 6.07) is 16.7. The highest BCUT2D eigenvalue weighted by Crippen LogP contribution is 2.47. The minimum absolute atomic E-state index is 0.675. The van der Waals surface area contributed by atoms with Gasteiger partial charge < -0.3 is 14.4 Å². The van der Waals surface area contributed by atoms with Crippen LogP contribution in [0.5, 0.6) is 11.5 Å². The summed E-state index contributed by atoms with van der Waals surface area (Å²) < 4.78 is 13.5. The van der Waals surface area contributed by atoms with Gasteiger partial charge in [0, 0.05) is 24.1 Å². The number of rotatable bonds is 4. The summed E-state index contributed by atoms with van der Waals surface area (Å²) in [4.78, 5) is 3.43. The quantitative estimate of drug-likeness (QED) is 0.618. The molecular weight excluding hydrogens is 356 g/mol. The van der Waals surface area contributed by atoms with Crippen molar-refractivity contribution in [2.45, 2.75) is 11.8 Å². The zero-order valence-electron chi connectivity index (χ0n) is 16.0. The van der Waals surface area contributed by atoms with E-state index in [0.29, 0.717) is 6.61 Å². The molecule has 4 rings (SSSR count). The monoisotopic (exact) mass is 379 g/mol. The van der Waals surface area contributed by atoms with E-state index in [9.17, 15) is 0 Å². The van der Waals surface area contributed by atoms with Gasteiger partial charge in [0.1, 0.15) is 18.5 Å². The highest BCUT2D eigenvalue weighted by atomic mass is 32.2. The van der Waals surface area contributed by atoms with Gasteiger partial charge in [-0.05, 0) is 31.2 Å². The van der Waals surface area contributed by atoms with Gasteiger partial charge in [0.15, 0.2) is 0 Å². The van der Waals surface area contributed by atoms with Crippen LogP contribution < -0.4 is 18.9 Å². The highest BCUT2D eigenvalue weighted by Gasteiger charge is 2.25. The van der Waals surface area contributed by atoms with Crippen LogP contribution in [-0.4, -0.2) is 20.8 Å². The van der Waals surface area contributed by atoms with Crippen molar-refractivity contribution in [1.29, 1.82) is 0 Å². The van der Waals surface area contributed by atoms with E-state index in [2.05, 4.69) is 66.0 Å². The number of methoxy groups -OCH3 is 1. The van der Waals surface area contributed by atoms with Gasteiger partial charge in [0.25, 0.3) is 0 Å². The van der Waals surface area contributed by atoms with Crippen LogP contribution in [0.25, 0.3) is 17.0 Å². The number of anilines is 1. The van der Waals surface area contributed by atoms with Crippen LogP contribution in [0.3, 0.4) is 0 Å². The molecule has 4 nitrogen and oxygen atoms in total. The first kappa shape index (κ1) is 17.7. The van der Waals surface area contributed by atoms with Crippen molar-refractivity contribution in [2.75, 3.05) is 25.7 Å². The van der Waals surface area contributed by atoms with Crippen molar-refractivity contribution in [3.8, 4) is 11.5 Å². The van der Waals surface area contributed by atoms with E-state index in [1.165, 1.54) is 15.6 Å². The Balaban J connectivity index is 1.77. The summed E-state index contributed by atoms with van der Waals surface area (Å²) in [6.45, 7) is 2.68. The Hall–Kier alpha value is -2.66. The predicted octanol–water partition coefficient (Wildman–Crippen LogP) is 4.61. The van der Waals surface area contributed by atoms with Crippen LogP contribution in [0, 0.1) is 0 Å². The van der Waals surface area contributed by atoms with Gasteiger partial charge in [-0.1, -0.05) is 23.9 Å². The molecule has 0 fully saturated rings. The number of pyridine rings is 1. The van der Waals surface area contributed by atoms with Crippen LogP contribution in [0.4, 0.5) is 5.69 Å². The lowest BCUT2D eigenvalue weighted by Crippen LogP contribution is -2.33. The molecule has 0 spiro atoms. The molecule has 27 heavy (non-hydrogen) atoms. The van der Waals surface area contributed by atoms with Crippen LogP contribution in [-0.2, 0) is 7.05 Å². The maximum atomic E-state index is 5.65. The molecule has 1 aliphatic heterocycles. The molecule has 0 bridgehead atoms. The van der Waals surface area contributed by atoms with Crippen molar-refractivity contribution in [2.24, 2.45) is 7.05 Å². The second kappa shape index (κ2) is 7.16. The predicted molar refractivity (Wildman–Crippen MR) is 112 cm³/mol. The molecule has 5 heteroatoms. The summed E-state index contributed by atoms with van der Waals surface area (Å²) in [5, 5.41) is 2.29. The zero-order valence-corrected chi connectivity index (χ0v) is 16.8. The van der Waals surface area contributed by atoms with E-state index >= 15 is 0 Å². The smallest absolute Gasteiger partial charge is 0.216 e. The van der Waals surface area contributed by atoms with Gasteiger partial charge in [-0.25, -0.2) is 0 Å². The summed E-state index contributed by atoms with van der Waals surface area (Å²) in [5.41, 5.74) is 3.44. The molecule has 138 valence electrons. The number of aryl methyl sites for hydroxylation is 1. The number of aromatic nitrogens is 1. The Morgan fingerprint density at radius 1 is 1.15 bits per heavy atom. The summed E-state index contributed by atoms with van der Waals surface area (Å²) in [5.74, 6) is 1.80. The van der Waals surface area contributed by atoms with Crippen LogP contribution in [0.15, 0.2) is 58.5 Å². The van der Waals surface area contributed by atoms with E-state index in [1.807, 2.05) is 19.1 Å². The Kier molecular flexibility index (Phi) is 4.70. The largest absolute Gasteiger partial charge is 0.496 e. The van der Waals surface area contributed by atoms with Crippen LogP contribution >= 0.6 is 11.8 Å². The molecular formula is C22H23N2O2S+. The fraction of sp³-hybridized carbons (Fsp3) is 0.227. The lowest BCUT2D eigenvalue weighted by atomic mass is 10.1. The number of thioether (sulfide) groups is 1. The first-order valence-electron chi connectivity index (χ1n) is 8.98. The maximum Gasteiger partial charge on any atom is 0.216 e. The Morgan fingerprint density at radius 3 is 2.74 bits per heavy atom. The summed E-state index contributed by atoms with van der Waals surface area (Å²) in [6.07, 6.45) is 2.21. The number of hydrogen-bond acceptors (Lipinski definition) is 4. The fourth-order valence-corrected chi connectivity index (χ4v) is 4.52. The van der Waals surface area contributed by atoms with Crippen molar-refractivity contribution >= 4 is 34.4 Å². The first-order valence-corrected chi connectivity index (χ1v) is 9.80. The summed E-state index contributed by atoms with van der Waals surface area (Å²) in [7, 11) is 5.91. The minimum Gasteiger partial charge on any atom is -0.496 e. The van der Waals surface area contributed by atoms with Crippen molar-refractivity contribution < 1.29 is 14.0 Å². The Morgan fingerprint density at radius 2 is 1.96 bits per heavy atom. The molecule has 0 aliphatic carbocycles. The number of hydrogen-bond donors (Lipinski definition) is 0. The molecule has 2 aromatic carbocycles. The molecule has 0 saturated heterocycles. The highest BCUT2D eigenvalue weighted by molar-refractivity contribution is 8.03. The molecule has 3 aromatic rings. The molecule has 1 aromatic heterocycles. The molecule has 2 heterocycles. The van der Waals surface area contributed by atoms with Gasteiger partial charge in [0.2, 0.25) is 11.2 Å². The van der Waals surface area contributed by atoms with Gasteiger partial charge in [-0.2, -0.15) is 4.57 Å². The van der Waals surface area contributed by atoms with E-state index in [1.54, 1.807) is 18.9 Å². The molecule has 0 amide bonds. The van der Waals surface area contributed by atoms with E-state index < -0.39 is 0 Å². The normalized spacial score (nSPS) is 14.7. The van der Waals surface area contributed by atoms with Gasteiger partial charge in [-0.3, -0.25) is 0 Å². The van der Waals surface area contributed by atoms with Gasteiger partial charge in [0.05, 0.1) is 35.9 Å². The second-order valence-corrected chi connectivity index (χ2v) is 7.48. The average molecular weight is 380 g/mol. The van der Waals surface area contributed by atoms with Crippen molar-refractivity contribution in [3.63, 3.8) is 0 Å². The van der Waals surface area contributed by atoms with E-state index in [4.69, 9.17) is 9.47 Å². The number of benzene rings is 2. The van der Waals surface area contributed by atoms with Gasteiger partial charge >= 0.3 is 0 Å². The lowest BCUT2D eigenvalue weighted by Gasteiger charge is -2.14. The third kappa shape index (κ3) is 3.12. The van der Waals surface area contributed by atoms with Gasteiger partial charge in [-0.15, -0.1) is 0 Å². The third-order valence-electron chi connectivity index (χ3n) is 4.84.